The molecule has 0 unspecified atom stereocenters. The molecule has 0 bridgehead atoms. The van der Waals surface area contributed by atoms with Crippen LogP contribution in [0.2, 0.25) is 0 Å². The number of nitrogens with one attached hydrogen (secondary N) is 1. The van der Waals surface area contributed by atoms with Crippen molar-refractivity contribution in [2.45, 2.75) is 26.4 Å². The standard InChI is InChI=1S/C20H24N4O/c1-15(2)24-19(10-11-21-24)22-20(25)14-23(3)13-16-8-9-17-6-4-5-7-18(17)12-16/h4-12,15H,13-14H2,1-3H3,(H,22,25). The molecule has 0 aliphatic heterocycles. The van der Waals surface area contributed by atoms with Gasteiger partial charge in [0.1, 0.15) is 5.82 Å². The Kier molecular flexibility index (Phi) is 5.14. The first-order valence-electron chi connectivity index (χ1n) is 8.52. The summed E-state index contributed by atoms with van der Waals surface area (Å²) in [5, 5.41) is 9.62. The molecule has 5 heteroatoms. The lowest BCUT2D eigenvalue weighted by Gasteiger charge is -2.17. The number of likely N-dealkylation sites (N-methyl/N-ethyl adjacent to an activating group) is 1. The molecule has 5 nitrogen and oxygen atoms in total. The molecule has 130 valence electrons. The quantitative estimate of drug-likeness (QED) is 0.747. The Balaban J connectivity index is 1.60. The van der Waals surface area contributed by atoms with E-state index in [2.05, 4.69) is 40.7 Å². The molecule has 1 amide bonds. The molecule has 0 saturated heterocycles. The Morgan fingerprint density at radius 1 is 1.16 bits per heavy atom. The van der Waals surface area contributed by atoms with Gasteiger partial charge in [-0.2, -0.15) is 5.10 Å². The molecule has 1 N–H and O–H groups in total. The van der Waals surface area contributed by atoms with Gasteiger partial charge in [-0.25, -0.2) is 4.68 Å². The highest BCUT2D eigenvalue weighted by molar-refractivity contribution is 5.91. The van der Waals surface area contributed by atoms with Crippen LogP contribution in [0.3, 0.4) is 0 Å². The van der Waals surface area contributed by atoms with Crippen molar-refractivity contribution in [2.75, 3.05) is 18.9 Å². The van der Waals surface area contributed by atoms with Crippen LogP contribution < -0.4 is 5.32 Å². The highest BCUT2D eigenvalue weighted by atomic mass is 16.2. The summed E-state index contributed by atoms with van der Waals surface area (Å²) < 4.78 is 1.81. The van der Waals surface area contributed by atoms with Gasteiger partial charge < -0.3 is 5.32 Å². The molecule has 0 aliphatic carbocycles. The molecule has 25 heavy (non-hydrogen) atoms. The normalized spacial score (nSPS) is 11.4. The van der Waals surface area contributed by atoms with Crippen LogP contribution in [-0.2, 0) is 11.3 Å². The van der Waals surface area contributed by atoms with Gasteiger partial charge in [0.05, 0.1) is 12.7 Å². The van der Waals surface area contributed by atoms with Gasteiger partial charge in [0.15, 0.2) is 0 Å². The molecule has 1 heterocycles. The van der Waals surface area contributed by atoms with Gasteiger partial charge in [0.25, 0.3) is 0 Å². The van der Waals surface area contributed by atoms with Crippen molar-refractivity contribution in [3.05, 3.63) is 60.3 Å². The lowest BCUT2D eigenvalue weighted by atomic mass is 10.1. The number of hydrogen-bond acceptors (Lipinski definition) is 3. The number of fused-ring (bicyclic) bond motifs is 1. The molecule has 3 rings (SSSR count). The van der Waals surface area contributed by atoms with Crippen LogP contribution in [0.5, 0.6) is 0 Å². The number of rotatable bonds is 6. The SMILES string of the molecule is CC(C)n1nccc1NC(=O)CN(C)Cc1ccc2ccccc2c1. The maximum atomic E-state index is 12.3. The van der Waals surface area contributed by atoms with Crippen LogP contribution >= 0.6 is 0 Å². The fourth-order valence-electron chi connectivity index (χ4n) is 2.96. The van der Waals surface area contributed by atoms with E-state index in [0.717, 1.165) is 12.4 Å². The highest BCUT2D eigenvalue weighted by Crippen LogP contribution is 2.17. The Labute approximate surface area is 148 Å². The summed E-state index contributed by atoms with van der Waals surface area (Å²) in [5.74, 6) is 0.699. The van der Waals surface area contributed by atoms with Gasteiger partial charge in [-0.1, -0.05) is 36.4 Å². The summed E-state index contributed by atoms with van der Waals surface area (Å²) in [5.41, 5.74) is 1.20. The lowest BCUT2D eigenvalue weighted by Crippen LogP contribution is -2.30. The summed E-state index contributed by atoms with van der Waals surface area (Å²) in [4.78, 5) is 14.3. The molecular weight excluding hydrogens is 312 g/mol. The van der Waals surface area contributed by atoms with Crippen molar-refractivity contribution in [3.63, 3.8) is 0 Å². The molecule has 0 radical (unpaired) electrons. The molecule has 0 fully saturated rings. The van der Waals surface area contributed by atoms with E-state index in [9.17, 15) is 4.79 Å². The fourth-order valence-corrected chi connectivity index (χ4v) is 2.96. The Hall–Kier alpha value is -2.66. The predicted octanol–water partition coefficient (Wildman–Crippen LogP) is 3.69. The minimum Gasteiger partial charge on any atom is -0.310 e. The van der Waals surface area contributed by atoms with Crippen molar-refractivity contribution in [1.29, 1.82) is 0 Å². The maximum Gasteiger partial charge on any atom is 0.239 e. The first kappa shape index (κ1) is 17.2. The van der Waals surface area contributed by atoms with E-state index in [4.69, 9.17) is 0 Å². The summed E-state index contributed by atoms with van der Waals surface area (Å²) in [6, 6.07) is 16.7. The van der Waals surface area contributed by atoms with Gasteiger partial charge in [0.2, 0.25) is 5.91 Å². The number of anilines is 1. The zero-order valence-corrected chi connectivity index (χ0v) is 14.9. The van der Waals surface area contributed by atoms with Crippen molar-refractivity contribution in [3.8, 4) is 0 Å². The van der Waals surface area contributed by atoms with Gasteiger partial charge in [0, 0.05) is 18.7 Å². The molecule has 1 aromatic heterocycles. The van der Waals surface area contributed by atoms with E-state index in [-0.39, 0.29) is 11.9 Å². The van der Waals surface area contributed by atoms with Gasteiger partial charge in [-0.15, -0.1) is 0 Å². The zero-order chi connectivity index (χ0) is 17.8. The molecule has 0 saturated carbocycles. The number of carbonyl (C=O) groups is 1. The van der Waals surface area contributed by atoms with Crippen LogP contribution in [0.25, 0.3) is 10.8 Å². The van der Waals surface area contributed by atoms with Crippen molar-refractivity contribution in [2.24, 2.45) is 0 Å². The lowest BCUT2D eigenvalue weighted by molar-refractivity contribution is -0.117. The Bertz CT molecular complexity index is 869. The van der Waals surface area contributed by atoms with E-state index in [1.807, 2.05) is 44.0 Å². The van der Waals surface area contributed by atoms with E-state index in [1.165, 1.54) is 16.3 Å². The van der Waals surface area contributed by atoms with Crippen LogP contribution in [0.4, 0.5) is 5.82 Å². The third kappa shape index (κ3) is 4.25. The first-order chi connectivity index (χ1) is 12.0. The van der Waals surface area contributed by atoms with Gasteiger partial charge in [-0.05, 0) is 43.3 Å². The number of nitrogens with zero attached hydrogens (tertiary/aromatic N) is 3. The van der Waals surface area contributed by atoms with E-state index in [0.29, 0.717) is 6.54 Å². The second-order valence-electron chi connectivity index (χ2n) is 6.66. The number of amides is 1. The van der Waals surface area contributed by atoms with Crippen LogP contribution in [-0.4, -0.2) is 34.2 Å². The predicted molar refractivity (Wildman–Crippen MR) is 102 cm³/mol. The summed E-state index contributed by atoms with van der Waals surface area (Å²) in [6.45, 7) is 5.13. The molecule has 0 aliphatic rings. The van der Waals surface area contributed by atoms with Crippen LogP contribution in [0, 0.1) is 0 Å². The van der Waals surface area contributed by atoms with Crippen LogP contribution in [0.15, 0.2) is 54.7 Å². The molecule has 2 aromatic carbocycles. The minimum absolute atomic E-state index is 0.0364. The Morgan fingerprint density at radius 3 is 2.68 bits per heavy atom. The van der Waals surface area contributed by atoms with Gasteiger partial charge in [-0.3, -0.25) is 9.69 Å². The topological polar surface area (TPSA) is 50.2 Å². The largest absolute Gasteiger partial charge is 0.310 e. The number of aromatic nitrogens is 2. The first-order valence-corrected chi connectivity index (χ1v) is 8.52. The smallest absolute Gasteiger partial charge is 0.239 e. The van der Waals surface area contributed by atoms with E-state index >= 15 is 0 Å². The minimum atomic E-state index is -0.0364. The number of hydrogen-bond donors (Lipinski definition) is 1. The summed E-state index contributed by atoms with van der Waals surface area (Å²) >= 11 is 0. The maximum absolute atomic E-state index is 12.3. The summed E-state index contributed by atoms with van der Waals surface area (Å²) in [7, 11) is 1.95. The van der Waals surface area contributed by atoms with Crippen molar-refractivity contribution in [1.82, 2.24) is 14.7 Å². The second kappa shape index (κ2) is 7.49. The highest BCUT2D eigenvalue weighted by Gasteiger charge is 2.12. The van der Waals surface area contributed by atoms with Crippen LogP contribution in [0.1, 0.15) is 25.5 Å². The van der Waals surface area contributed by atoms with Crippen molar-refractivity contribution >= 4 is 22.5 Å². The zero-order valence-electron chi connectivity index (χ0n) is 14.9. The molecule has 0 atom stereocenters. The number of benzene rings is 2. The van der Waals surface area contributed by atoms with E-state index in [1.54, 1.807) is 10.9 Å². The molecule has 0 spiro atoms. The monoisotopic (exact) mass is 336 g/mol. The van der Waals surface area contributed by atoms with Crippen molar-refractivity contribution < 1.29 is 4.79 Å². The Morgan fingerprint density at radius 2 is 1.92 bits per heavy atom. The third-order valence-corrected chi connectivity index (χ3v) is 4.11. The average Bonchev–Trinajstić information content (AvgIpc) is 3.02. The average molecular weight is 336 g/mol. The van der Waals surface area contributed by atoms with E-state index < -0.39 is 0 Å². The molecular formula is C20H24N4O. The van der Waals surface area contributed by atoms with Gasteiger partial charge >= 0.3 is 0 Å². The fraction of sp³-hybridized carbons (Fsp3) is 0.300. The second-order valence-corrected chi connectivity index (χ2v) is 6.66. The number of carbonyl (C=O) groups excluding carboxylic acids is 1. The third-order valence-electron chi connectivity index (χ3n) is 4.11. The molecule has 3 aromatic rings. The summed E-state index contributed by atoms with van der Waals surface area (Å²) in [6.07, 6.45) is 1.70.